The molecule has 2 heterocycles. The number of ether oxygens (including phenoxy) is 2. The van der Waals surface area contributed by atoms with Crippen molar-refractivity contribution < 1.29 is 14.3 Å². The minimum absolute atomic E-state index is 0.347. The summed E-state index contributed by atoms with van der Waals surface area (Å²) >= 11 is 0. The maximum absolute atomic E-state index is 12.2. The van der Waals surface area contributed by atoms with E-state index < -0.39 is 11.2 Å². The van der Waals surface area contributed by atoms with Gasteiger partial charge in [0.05, 0.1) is 12.6 Å². The number of nitriles is 1. The molecule has 2 aliphatic heterocycles. The summed E-state index contributed by atoms with van der Waals surface area (Å²) in [6.45, 7) is 6.46. The predicted molar refractivity (Wildman–Crippen MR) is 80.6 cm³/mol. The highest BCUT2D eigenvalue weighted by Crippen LogP contribution is 2.48. The predicted octanol–water partition coefficient (Wildman–Crippen LogP) is 3.07. The van der Waals surface area contributed by atoms with E-state index in [0.29, 0.717) is 19.5 Å². The Kier molecular flexibility index (Phi) is 3.28. The van der Waals surface area contributed by atoms with Crippen molar-refractivity contribution in [2.24, 2.45) is 0 Å². The van der Waals surface area contributed by atoms with Gasteiger partial charge >= 0.3 is 6.09 Å². The summed E-state index contributed by atoms with van der Waals surface area (Å²) in [5.41, 5.74) is -0.257. The van der Waals surface area contributed by atoms with Crippen LogP contribution >= 0.6 is 0 Å². The molecule has 1 fully saturated rings. The van der Waals surface area contributed by atoms with Gasteiger partial charge in [-0.2, -0.15) is 5.26 Å². The molecular weight excluding hydrogens is 280 g/mol. The van der Waals surface area contributed by atoms with Crippen LogP contribution in [0.15, 0.2) is 24.3 Å². The number of rotatable bonds is 0. The summed E-state index contributed by atoms with van der Waals surface area (Å²) in [5.74, 6) is 0.399. The largest absolute Gasteiger partial charge is 0.483 e. The van der Waals surface area contributed by atoms with Crippen LogP contribution in [0.5, 0.6) is 5.75 Å². The van der Waals surface area contributed by atoms with Gasteiger partial charge < -0.3 is 14.4 Å². The Morgan fingerprint density at radius 1 is 1.45 bits per heavy atom. The van der Waals surface area contributed by atoms with E-state index in [1.807, 2.05) is 45.0 Å². The van der Waals surface area contributed by atoms with Gasteiger partial charge in [0.1, 0.15) is 22.9 Å². The molecular formula is C17H20N2O3. The van der Waals surface area contributed by atoms with Crippen LogP contribution in [0.2, 0.25) is 0 Å². The van der Waals surface area contributed by atoms with Gasteiger partial charge in [0.15, 0.2) is 0 Å². The first-order valence-corrected chi connectivity index (χ1v) is 7.50. The number of hydrogen-bond acceptors (Lipinski definition) is 4. The third-order valence-corrected chi connectivity index (χ3v) is 4.11. The summed E-state index contributed by atoms with van der Waals surface area (Å²) in [5, 5.41) is 9.59. The summed E-state index contributed by atoms with van der Waals surface area (Å²) in [4.78, 5) is 13.9. The van der Waals surface area contributed by atoms with Crippen LogP contribution in [0.3, 0.4) is 0 Å². The van der Waals surface area contributed by atoms with E-state index >= 15 is 0 Å². The Morgan fingerprint density at radius 3 is 2.86 bits per heavy atom. The normalized spacial score (nSPS) is 26.5. The number of amides is 1. The molecule has 0 N–H and O–H groups in total. The molecule has 116 valence electrons. The number of carbonyl (C=O) groups excluding carboxylic acids is 1. The number of benzene rings is 1. The van der Waals surface area contributed by atoms with Gasteiger partial charge in [-0.15, -0.1) is 0 Å². The van der Waals surface area contributed by atoms with Crippen molar-refractivity contribution in [1.29, 1.82) is 5.26 Å². The molecule has 3 rings (SSSR count). The monoisotopic (exact) mass is 300 g/mol. The third kappa shape index (κ3) is 2.39. The van der Waals surface area contributed by atoms with Crippen LogP contribution in [-0.4, -0.2) is 35.3 Å². The first-order chi connectivity index (χ1) is 10.3. The fourth-order valence-electron chi connectivity index (χ4n) is 3.17. The third-order valence-electron chi connectivity index (χ3n) is 4.11. The SMILES string of the molecule is CC(C)(C)OC(=O)N1CCC2(C1)Oc1ccccc1C2C#N. The maximum Gasteiger partial charge on any atom is 0.410 e. The molecule has 1 aromatic rings. The summed E-state index contributed by atoms with van der Waals surface area (Å²) in [6, 6.07) is 9.97. The van der Waals surface area contributed by atoms with Crippen molar-refractivity contribution in [3.8, 4) is 11.8 Å². The van der Waals surface area contributed by atoms with Crippen LogP contribution in [-0.2, 0) is 4.74 Å². The van der Waals surface area contributed by atoms with Crippen LogP contribution in [0.25, 0.3) is 0 Å². The molecule has 0 aliphatic carbocycles. The lowest BCUT2D eigenvalue weighted by atomic mass is 9.84. The number of carbonyl (C=O) groups is 1. The van der Waals surface area contributed by atoms with Crippen LogP contribution in [0.1, 0.15) is 38.7 Å². The lowest BCUT2D eigenvalue weighted by molar-refractivity contribution is 0.0222. The highest BCUT2D eigenvalue weighted by atomic mass is 16.6. The Bertz CT molecular complexity index is 644. The molecule has 5 nitrogen and oxygen atoms in total. The molecule has 0 radical (unpaired) electrons. The van der Waals surface area contributed by atoms with Gasteiger partial charge in [-0.05, 0) is 26.8 Å². The standard InChI is InChI=1S/C17H20N2O3/c1-16(2,3)22-15(20)19-9-8-17(11-19)13(10-18)12-6-4-5-7-14(12)21-17/h4-7,13H,8-9,11H2,1-3H3. The quantitative estimate of drug-likeness (QED) is 0.738. The number of para-hydroxylation sites is 1. The van der Waals surface area contributed by atoms with Crippen molar-refractivity contribution in [3.63, 3.8) is 0 Å². The Morgan fingerprint density at radius 2 is 2.18 bits per heavy atom. The minimum Gasteiger partial charge on any atom is -0.483 e. The highest BCUT2D eigenvalue weighted by molar-refractivity contribution is 5.69. The number of fused-ring (bicyclic) bond motifs is 1. The molecule has 2 aliphatic rings. The molecule has 5 heteroatoms. The second kappa shape index (κ2) is 4.91. The summed E-state index contributed by atoms with van der Waals surface area (Å²) < 4.78 is 11.5. The maximum atomic E-state index is 12.2. The topological polar surface area (TPSA) is 62.6 Å². The van der Waals surface area contributed by atoms with Crippen LogP contribution in [0.4, 0.5) is 4.79 Å². The van der Waals surface area contributed by atoms with Crippen LogP contribution < -0.4 is 4.74 Å². The van der Waals surface area contributed by atoms with Gasteiger partial charge in [-0.1, -0.05) is 18.2 Å². The smallest absolute Gasteiger partial charge is 0.410 e. The average molecular weight is 300 g/mol. The number of hydrogen-bond donors (Lipinski definition) is 0. The van der Waals surface area contributed by atoms with Gasteiger partial charge in [0.2, 0.25) is 0 Å². The first kappa shape index (κ1) is 14.7. The lowest BCUT2D eigenvalue weighted by Gasteiger charge is -2.28. The number of likely N-dealkylation sites (tertiary alicyclic amines) is 1. The van der Waals surface area contributed by atoms with Gasteiger partial charge in [0.25, 0.3) is 0 Å². The van der Waals surface area contributed by atoms with Crippen molar-refractivity contribution in [3.05, 3.63) is 29.8 Å². The second-order valence-electron chi connectivity index (χ2n) is 6.92. The molecule has 0 aromatic heterocycles. The first-order valence-electron chi connectivity index (χ1n) is 7.50. The van der Waals surface area contributed by atoms with Crippen LogP contribution in [0, 0.1) is 11.3 Å². The van der Waals surface area contributed by atoms with E-state index in [4.69, 9.17) is 9.47 Å². The zero-order valence-corrected chi connectivity index (χ0v) is 13.1. The molecule has 0 saturated carbocycles. The highest BCUT2D eigenvalue weighted by Gasteiger charge is 2.54. The molecule has 22 heavy (non-hydrogen) atoms. The Hall–Kier alpha value is -2.22. The van der Waals surface area contributed by atoms with E-state index in [0.717, 1.165) is 11.3 Å². The summed E-state index contributed by atoms with van der Waals surface area (Å²) in [6.07, 6.45) is 0.291. The average Bonchev–Trinajstić information content (AvgIpc) is 2.98. The Balaban J connectivity index is 1.80. The van der Waals surface area contributed by atoms with E-state index in [1.54, 1.807) is 4.90 Å². The van der Waals surface area contributed by atoms with E-state index in [2.05, 4.69) is 6.07 Å². The van der Waals surface area contributed by atoms with Crippen molar-refractivity contribution >= 4 is 6.09 Å². The minimum atomic E-state index is -0.644. The van der Waals surface area contributed by atoms with Gasteiger partial charge in [-0.25, -0.2) is 4.79 Å². The number of nitrogens with zero attached hydrogens (tertiary/aromatic N) is 2. The van der Waals surface area contributed by atoms with E-state index in [1.165, 1.54) is 0 Å². The van der Waals surface area contributed by atoms with E-state index in [-0.39, 0.29) is 12.0 Å². The molecule has 2 atom stereocenters. The molecule has 1 spiro atoms. The van der Waals surface area contributed by atoms with Crippen molar-refractivity contribution in [2.45, 2.75) is 44.3 Å². The molecule has 0 bridgehead atoms. The molecule has 1 amide bonds. The molecule has 2 unspecified atom stereocenters. The van der Waals surface area contributed by atoms with E-state index in [9.17, 15) is 10.1 Å². The molecule has 1 saturated heterocycles. The fraction of sp³-hybridized carbons (Fsp3) is 0.529. The molecule has 1 aromatic carbocycles. The zero-order valence-electron chi connectivity index (χ0n) is 13.1. The van der Waals surface area contributed by atoms with Gasteiger partial charge in [-0.3, -0.25) is 0 Å². The van der Waals surface area contributed by atoms with Crippen molar-refractivity contribution in [2.75, 3.05) is 13.1 Å². The Labute approximate surface area is 130 Å². The van der Waals surface area contributed by atoms with Gasteiger partial charge in [0, 0.05) is 18.5 Å². The summed E-state index contributed by atoms with van der Waals surface area (Å²) in [7, 11) is 0. The lowest BCUT2D eigenvalue weighted by Crippen LogP contribution is -2.43. The zero-order chi connectivity index (χ0) is 16.0. The second-order valence-corrected chi connectivity index (χ2v) is 6.92. The van der Waals surface area contributed by atoms with Crippen molar-refractivity contribution in [1.82, 2.24) is 4.90 Å². The fourth-order valence-corrected chi connectivity index (χ4v) is 3.17.